The van der Waals surface area contributed by atoms with Gasteiger partial charge < -0.3 is 15.2 Å². The summed E-state index contributed by atoms with van der Waals surface area (Å²) in [6.07, 6.45) is 0.706. The smallest absolute Gasteiger partial charge is 0.160 e. The summed E-state index contributed by atoms with van der Waals surface area (Å²) in [5, 5.41) is 0.732. The fraction of sp³-hybridized carbons (Fsp3) is 0.250. The second-order valence-electron chi connectivity index (χ2n) is 4.67. The van der Waals surface area contributed by atoms with Crippen molar-refractivity contribution in [2.24, 2.45) is 5.73 Å². The Kier molecular flexibility index (Phi) is 5.72. The van der Waals surface area contributed by atoms with Crippen LogP contribution in [-0.4, -0.2) is 14.2 Å². The third kappa shape index (κ3) is 4.02. The molecule has 0 aliphatic heterocycles. The maximum absolute atomic E-state index is 6.27. The Morgan fingerprint density at radius 2 is 1.81 bits per heavy atom. The molecule has 3 nitrogen and oxygen atoms in total. The SMILES string of the molecule is COc1ccc(CC(N)c2ccc(I)c(Cl)c2)cc1OC. The summed E-state index contributed by atoms with van der Waals surface area (Å²) in [4.78, 5) is 0. The van der Waals surface area contributed by atoms with Crippen LogP contribution in [0, 0.1) is 3.57 Å². The molecule has 0 fully saturated rings. The fourth-order valence-electron chi connectivity index (χ4n) is 2.12. The zero-order valence-corrected chi connectivity index (χ0v) is 14.8. The number of halogens is 2. The van der Waals surface area contributed by atoms with Crippen molar-refractivity contribution in [3.8, 4) is 11.5 Å². The summed E-state index contributed by atoms with van der Waals surface area (Å²) in [7, 11) is 3.25. The highest BCUT2D eigenvalue weighted by molar-refractivity contribution is 14.1. The number of nitrogens with two attached hydrogens (primary N) is 1. The molecule has 0 amide bonds. The van der Waals surface area contributed by atoms with Crippen LogP contribution < -0.4 is 15.2 Å². The molecule has 2 rings (SSSR count). The summed E-state index contributed by atoms with van der Waals surface area (Å²) in [5.74, 6) is 1.43. The minimum absolute atomic E-state index is 0.113. The molecule has 0 aliphatic rings. The lowest BCUT2D eigenvalue weighted by molar-refractivity contribution is 0.354. The molecular formula is C16H17ClINO2. The van der Waals surface area contributed by atoms with Crippen molar-refractivity contribution in [3.05, 3.63) is 56.1 Å². The Labute approximate surface area is 143 Å². The number of methoxy groups -OCH3 is 2. The molecule has 1 unspecified atom stereocenters. The van der Waals surface area contributed by atoms with Crippen LogP contribution in [0.4, 0.5) is 0 Å². The predicted molar refractivity (Wildman–Crippen MR) is 94.3 cm³/mol. The molecule has 0 spiro atoms. The van der Waals surface area contributed by atoms with E-state index in [4.69, 9.17) is 26.8 Å². The van der Waals surface area contributed by atoms with E-state index in [-0.39, 0.29) is 6.04 Å². The van der Waals surface area contributed by atoms with E-state index in [0.29, 0.717) is 17.9 Å². The largest absolute Gasteiger partial charge is 0.493 e. The van der Waals surface area contributed by atoms with E-state index in [9.17, 15) is 0 Å². The lowest BCUT2D eigenvalue weighted by Gasteiger charge is -2.15. The standard InChI is InChI=1S/C16H17ClINO2/c1-20-15-6-3-10(8-16(15)21-2)7-14(19)11-4-5-13(18)12(17)9-11/h3-6,8-9,14H,7,19H2,1-2H3. The minimum atomic E-state index is -0.113. The van der Waals surface area contributed by atoms with Crippen molar-refractivity contribution in [3.63, 3.8) is 0 Å². The first-order chi connectivity index (χ1) is 10.0. The van der Waals surface area contributed by atoms with E-state index < -0.39 is 0 Å². The van der Waals surface area contributed by atoms with Crippen molar-refractivity contribution < 1.29 is 9.47 Å². The molecule has 2 aromatic carbocycles. The van der Waals surface area contributed by atoms with Crippen LogP contribution >= 0.6 is 34.2 Å². The number of hydrogen-bond donors (Lipinski definition) is 1. The Bertz CT molecular complexity index is 634. The van der Waals surface area contributed by atoms with Gasteiger partial charge in [-0.2, -0.15) is 0 Å². The normalized spacial score (nSPS) is 12.0. The third-order valence-electron chi connectivity index (χ3n) is 3.28. The zero-order chi connectivity index (χ0) is 15.4. The average molecular weight is 418 g/mol. The Morgan fingerprint density at radius 1 is 1.10 bits per heavy atom. The monoisotopic (exact) mass is 417 g/mol. The van der Waals surface area contributed by atoms with Gasteiger partial charge in [0.25, 0.3) is 0 Å². The van der Waals surface area contributed by atoms with E-state index in [2.05, 4.69) is 22.6 Å². The first-order valence-electron chi connectivity index (χ1n) is 6.46. The van der Waals surface area contributed by atoms with Crippen LogP contribution in [-0.2, 0) is 6.42 Å². The van der Waals surface area contributed by atoms with Crippen molar-refractivity contribution in [1.82, 2.24) is 0 Å². The van der Waals surface area contributed by atoms with E-state index in [0.717, 1.165) is 19.7 Å². The second kappa shape index (κ2) is 7.33. The zero-order valence-electron chi connectivity index (χ0n) is 11.9. The van der Waals surface area contributed by atoms with E-state index >= 15 is 0 Å². The average Bonchev–Trinajstić information content (AvgIpc) is 2.49. The van der Waals surface area contributed by atoms with Crippen LogP contribution in [0.25, 0.3) is 0 Å². The Hall–Kier alpha value is -0.980. The summed E-state index contributed by atoms with van der Waals surface area (Å²) >= 11 is 8.35. The summed E-state index contributed by atoms with van der Waals surface area (Å²) < 4.78 is 11.6. The van der Waals surface area contributed by atoms with Crippen LogP contribution in [0.15, 0.2) is 36.4 Å². The number of ether oxygens (including phenoxy) is 2. The lowest BCUT2D eigenvalue weighted by Crippen LogP contribution is -2.13. The highest BCUT2D eigenvalue weighted by Crippen LogP contribution is 2.30. The molecule has 5 heteroatoms. The summed E-state index contributed by atoms with van der Waals surface area (Å²) in [6, 6.07) is 11.6. The maximum atomic E-state index is 6.27. The molecule has 0 saturated carbocycles. The minimum Gasteiger partial charge on any atom is -0.493 e. The molecule has 0 aromatic heterocycles. The van der Waals surface area contributed by atoms with Crippen molar-refractivity contribution in [2.45, 2.75) is 12.5 Å². The van der Waals surface area contributed by atoms with Gasteiger partial charge in [-0.3, -0.25) is 0 Å². The summed E-state index contributed by atoms with van der Waals surface area (Å²) in [6.45, 7) is 0. The lowest BCUT2D eigenvalue weighted by atomic mass is 9.99. The number of rotatable bonds is 5. The third-order valence-corrected chi connectivity index (χ3v) is 4.85. The van der Waals surface area contributed by atoms with Gasteiger partial charge in [-0.1, -0.05) is 23.7 Å². The summed E-state index contributed by atoms with van der Waals surface area (Å²) in [5.41, 5.74) is 8.39. The molecule has 1 atom stereocenters. The van der Waals surface area contributed by atoms with Gasteiger partial charge in [-0.15, -0.1) is 0 Å². The van der Waals surface area contributed by atoms with Crippen LogP contribution in [0.2, 0.25) is 5.02 Å². The highest BCUT2D eigenvalue weighted by atomic mass is 127. The van der Waals surface area contributed by atoms with Gasteiger partial charge in [0.1, 0.15) is 0 Å². The molecule has 2 aromatic rings. The Balaban J connectivity index is 2.18. The van der Waals surface area contributed by atoms with Crippen molar-refractivity contribution in [1.29, 1.82) is 0 Å². The number of hydrogen-bond acceptors (Lipinski definition) is 3. The van der Waals surface area contributed by atoms with E-state index in [1.807, 2.05) is 36.4 Å². The molecule has 0 aliphatic carbocycles. The Morgan fingerprint density at radius 3 is 2.43 bits per heavy atom. The molecule has 21 heavy (non-hydrogen) atoms. The van der Waals surface area contributed by atoms with Crippen molar-refractivity contribution >= 4 is 34.2 Å². The molecule has 112 valence electrons. The molecule has 2 N–H and O–H groups in total. The van der Waals surface area contributed by atoms with Gasteiger partial charge in [-0.25, -0.2) is 0 Å². The molecule has 0 bridgehead atoms. The first-order valence-corrected chi connectivity index (χ1v) is 7.92. The topological polar surface area (TPSA) is 44.5 Å². The molecule has 0 radical (unpaired) electrons. The van der Waals surface area contributed by atoms with Crippen molar-refractivity contribution in [2.75, 3.05) is 14.2 Å². The van der Waals surface area contributed by atoms with E-state index in [1.165, 1.54) is 0 Å². The van der Waals surface area contributed by atoms with Gasteiger partial charge in [0.15, 0.2) is 11.5 Å². The molecule has 0 heterocycles. The highest BCUT2D eigenvalue weighted by Gasteiger charge is 2.11. The predicted octanol–water partition coefficient (Wildman–Crippen LogP) is 4.20. The number of benzene rings is 2. The van der Waals surface area contributed by atoms with Gasteiger partial charge in [-0.05, 0) is 64.4 Å². The van der Waals surface area contributed by atoms with Crippen LogP contribution in [0.3, 0.4) is 0 Å². The van der Waals surface area contributed by atoms with Crippen LogP contribution in [0.5, 0.6) is 11.5 Å². The van der Waals surface area contributed by atoms with E-state index in [1.54, 1.807) is 14.2 Å². The first kappa shape index (κ1) is 16.4. The quantitative estimate of drug-likeness (QED) is 0.742. The maximum Gasteiger partial charge on any atom is 0.160 e. The second-order valence-corrected chi connectivity index (χ2v) is 6.24. The molecule has 0 saturated heterocycles. The van der Waals surface area contributed by atoms with Gasteiger partial charge in [0, 0.05) is 9.61 Å². The van der Waals surface area contributed by atoms with Gasteiger partial charge >= 0.3 is 0 Å². The van der Waals surface area contributed by atoms with Crippen LogP contribution in [0.1, 0.15) is 17.2 Å². The fourth-order valence-corrected chi connectivity index (χ4v) is 2.65. The van der Waals surface area contributed by atoms with Gasteiger partial charge in [0.05, 0.1) is 19.2 Å². The molecular weight excluding hydrogens is 401 g/mol. The van der Waals surface area contributed by atoms with Gasteiger partial charge in [0.2, 0.25) is 0 Å².